The van der Waals surface area contributed by atoms with Gasteiger partial charge in [-0.1, -0.05) is 42.1 Å². The number of benzene rings is 2. The van der Waals surface area contributed by atoms with Crippen LogP contribution in [0.2, 0.25) is 0 Å². The van der Waals surface area contributed by atoms with Crippen molar-refractivity contribution >= 4 is 64.1 Å². The van der Waals surface area contributed by atoms with Crippen LogP contribution >= 0.6 is 23.5 Å². The normalized spacial score (nSPS) is 17.8. The molecule has 0 spiro atoms. The second-order valence-electron chi connectivity index (χ2n) is 9.82. The number of nitrogens with zero attached hydrogens (tertiary/aromatic N) is 6. The number of fused-ring (bicyclic) bond motifs is 2. The molecule has 44 heavy (non-hydrogen) atoms. The van der Waals surface area contributed by atoms with E-state index in [-0.39, 0.29) is 17.9 Å². The zero-order chi connectivity index (χ0) is 31.0. The van der Waals surface area contributed by atoms with E-state index in [0.717, 1.165) is 4.57 Å². The molecular formula is C27H25N9O6S2. The first-order chi connectivity index (χ1) is 21.3. The Labute approximate surface area is 257 Å². The number of aromatic amines is 1. The van der Waals surface area contributed by atoms with Gasteiger partial charge in [-0.05, 0) is 46.7 Å². The molecule has 226 valence electrons. The third-order valence-electron chi connectivity index (χ3n) is 7.14. The van der Waals surface area contributed by atoms with Gasteiger partial charge in [0.25, 0.3) is 5.91 Å². The van der Waals surface area contributed by atoms with Gasteiger partial charge in [0.05, 0.1) is 17.5 Å². The number of hydrogen-bond donors (Lipinski definition) is 4. The molecule has 4 N–H and O–H groups in total. The van der Waals surface area contributed by atoms with Crippen molar-refractivity contribution in [2.75, 3.05) is 16.8 Å². The van der Waals surface area contributed by atoms with E-state index in [1.165, 1.54) is 28.4 Å². The maximum Gasteiger partial charge on any atom is 0.352 e. The summed E-state index contributed by atoms with van der Waals surface area (Å²) in [6, 6.07) is 11.8. The number of para-hydroxylation sites is 3. The number of tetrazole rings is 1. The van der Waals surface area contributed by atoms with Crippen LogP contribution < -0.4 is 16.3 Å². The molecule has 4 heterocycles. The molecule has 1 fully saturated rings. The average Bonchev–Trinajstić information content (AvgIpc) is 3.61. The minimum absolute atomic E-state index is 0.0900. The SMILES string of the molecule is CCn1nnnc1SCC1=C(C(=O)O)N2C(=O)C(NC(=O)Cc3ccccc3NC(=O)n3c(=O)[nH]c4ccccc43)[C@H]2SC1. The van der Waals surface area contributed by atoms with Crippen molar-refractivity contribution in [3.63, 3.8) is 0 Å². The van der Waals surface area contributed by atoms with Crippen LogP contribution in [0.5, 0.6) is 0 Å². The fourth-order valence-corrected chi connectivity index (χ4v) is 7.49. The zero-order valence-corrected chi connectivity index (χ0v) is 24.7. The molecule has 1 saturated heterocycles. The second kappa shape index (κ2) is 12.0. The zero-order valence-electron chi connectivity index (χ0n) is 23.1. The molecule has 1 unspecified atom stereocenters. The fourth-order valence-electron chi connectivity index (χ4n) is 5.07. The smallest absolute Gasteiger partial charge is 0.352 e. The fraction of sp³-hybridized carbons (Fsp3) is 0.259. The van der Waals surface area contributed by atoms with E-state index in [9.17, 15) is 29.1 Å². The number of hydrogen-bond acceptors (Lipinski definition) is 10. The molecule has 6 rings (SSSR count). The summed E-state index contributed by atoms with van der Waals surface area (Å²) in [5.41, 5.74) is 1.57. The molecule has 2 aliphatic heterocycles. The van der Waals surface area contributed by atoms with Crippen LogP contribution in [0.15, 0.2) is 69.8 Å². The minimum atomic E-state index is -1.22. The topological polar surface area (TPSA) is 197 Å². The number of imidazole rings is 1. The van der Waals surface area contributed by atoms with Crippen LogP contribution in [0.25, 0.3) is 11.0 Å². The van der Waals surface area contributed by atoms with Gasteiger partial charge < -0.3 is 20.7 Å². The highest BCUT2D eigenvalue weighted by Gasteiger charge is 2.54. The van der Waals surface area contributed by atoms with Crippen molar-refractivity contribution in [2.24, 2.45) is 0 Å². The Balaban J connectivity index is 1.12. The molecule has 17 heteroatoms. The third-order valence-corrected chi connectivity index (χ3v) is 9.53. The molecular weight excluding hydrogens is 610 g/mol. The van der Waals surface area contributed by atoms with E-state index in [2.05, 4.69) is 31.1 Å². The van der Waals surface area contributed by atoms with E-state index in [1.54, 1.807) is 53.2 Å². The van der Waals surface area contributed by atoms with Gasteiger partial charge in [-0.15, -0.1) is 16.9 Å². The van der Waals surface area contributed by atoms with E-state index < -0.39 is 40.9 Å². The van der Waals surface area contributed by atoms with E-state index >= 15 is 0 Å². The number of aliphatic carboxylic acids is 1. The highest BCUT2D eigenvalue weighted by molar-refractivity contribution is 8.01. The minimum Gasteiger partial charge on any atom is -0.477 e. The summed E-state index contributed by atoms with van der Waals surface area (Å²) in [5, 5.41) is 26.8. The molecule has 15 nitrogen and oxygen atoms in total. The first kappa shape index (κ1) is 29.2. The van der Waals surface area contributed by atoms with Crippen LogP contribution in [-0.4, -0.2) is 86.5 Å². The van der Waals surface area contributed by atoms with Gasteiger partial charge in [-0.2, -0.15) is 0 Å². The Morgan fingerprint density at radius 3 is 2.70 bits per heavy atom. The lowest BCUT2D eigenvalue weighted by atomic mass is 10.0. The maximum absolute atomic E-state index is 13.1. The number of rotatable bonds is 9. The van der Waals surface area contributed by atoms with Gasteiger partial charge in [-0.25, -0.2) is 23.6 Å². The van der Waals surface area contributed by atoms with E-state index in [4.69, 9.17) is 0 Å². The molecule has 2 aromatic carbocycles. The molecule has 0 saturated carbocycles. The quantitative estimate of drug-likeness (QED) is 0.154. The molecule has 2 aliphatic rings. The van der Waals surface area contributed by atoms with Crippen molar-refractivity contribution in [3.05, 3.63) is 75.8 Å². The van der Waals surface area contributed by atoms with Crippen LogP contribution in [0.4, 0.5) is 10.5 Å². The predicted octanol–water partition coefficient (Wildman–Crippen LogP) is 1.49. The second-order valence-corrected chi connectivity index (χ2v) is 11.9. The summed E-state index contributed by atoms with van der Waals surface area (Å²) in [6.45, 7) is 2.45. The van der Waals surface area contributed by atoms with Crippen molar-refractivity contribution in [2.45, 2.75) is 36.5 Å². The standard InChI is InChI=1S/C27H25N9O6S2/c1-2-34-27(31-32-33-34)44-13-15-12-43-23-20(22(38)36(23)21(15)24(39)40)30-19(37)11-14-7-3-4-8-16(14)28-25(41)35-18-10-6-5-9-17(18)29-26(35)42/h3-10,20,23H,2,11-13H2,1H3,(H,28,41)(H,29,42)(H,30,37)(H,39,40)/t20?,23-/m1/s1. The molecule has 0 aliphatic carbocycles. The monoisotopic (exact) mass is 635 g/mol. The lowest BCUT2D eigenvalue weighted by molar-refractivity contribution is -0.150. The number of carbonyl (C=O) groups is 4. The maximum atomic E-state index is 13.1. The van der Waals surface area contributed by atoms with E-state index in [0.29, 0.717) is 45.3 Å². The van der Waals surface area contributed by atoms with Crippen LogP contribution in [0.1, 0.15) is 12.5 Å². The van der Waals surface area contributed by atoms with Gasteiger partial charge >= 0.3 is 17.7 Å². The largest absolute Gasteiger partial charge is 0.477 e. The number of H-pyrrole nitrogens is 1. The van der Waals surface area contributed by atoms with Gasteiger partial charge in [0.2, 0.25) is 11.1 Å². The number of thioether (sulfide) groups is 2. The van der Waals surface area contributed by atoms with Crippen LogP contribution in [0, 0.1) is 0 Å². The Hall–Kier alpha value is -4.90. The number of anilines is 1. The lowest BCUT2D eigenvalue weighted by Gasteiger charge is -2.49. The van der Waals surface area contributed by atoms with Gasteiger partial charge in [0.1, 0.15) is 17.1 Å². The van der Waals surface area contributed by atoms with Gasteiger partial charge in [0.15, 0.2) is 0 Å². The van der Waals surface area contributed by atoms with Gasteiger partial charge in [0, 0.05) is 23.7 Å². The van der Waals surface area contributed by atoms with Crippen molar-refractivity contribution < 1.29 is 24.3 Å². The molecule has 4 aromatic rings. The van der Waals surface area contributed by atoms with Crippen LogP contribution in [0.3, 0.4) is 0 Å². The number of carboxylic acid groups (broad SMARTS) is 1. The predicted molar refractivity (Wildman–Crippen MR) is 161 cm³/mol. The number of aryl methyl sites for hydroxylation is 1. The summed E-state index contributed by atoms with van der Waals surface area (Å²) in [4.78, 5) is 67.7. The van der Waals surface area contributed by atoms with Crippen molar-refractivity contribution in [3.8, 4) is 0 Å². The highest BCUT2D eigenvalue weighted by Crippen LogP contribution is 2.41. The highest BCUT2D eigenvalue weighted by atomic mass is 32.2. The molecule has 2 atom stereocenters. The summed E-state index contributed by atoms with van der Waals surface area (Å²) >= 11 is 2.65. The summed E-state index contributed by atoms with van der Waals surface area (Å²) in [7, 11) is 0. The third kappa shape index (κ3) is 5.35. The Morgan fingerprint density at radius 2 is 1.91 bits per heavy atom. The lowest BCUT2D eigenvalue weighted by Crippen LogP contribution is -2.70. The number of carbonyl (C=O) groups excluding carboxylic acids is 3. The number of nitrogens with one attached hydrogen (secondary N) is 3. The number of aromatic nitrogens is 6. The first-order valence-electron chi connectivity index (χ1n) is 13.4. The molecule has 0 radical (unpaired) electrons. The average molecular weight is 636 g/mol. The first-order valence-corrected chi connectivity index (χ1v) is 15.5. The summed E-state index contributed by atoms with van der Waals surface area (Å²) in [5.74, 6) is -1.59. The molecule has 0 bridgehead atoms. The molecule has 2 aromatic heterocycles. The summed E-state index contributed by atoms with van der Waals surface area (Å²) < 4.78 is 2.57. The van der Waals surface area contributed by atoms with Gasteiger partial charge in [-0.3, -0.25) is 14.5 Å². The Morgan fingerprint density at radius 1 is 1.14 bits per heavy atom. The summed E-state index contributed by atoms with van der Waals surface area (Å²) in [6.07, 6.45) is -0.171. The number of amides is 3. The van der Waals surface area contributed by atoms with Crippen LogP contribution in [-0.2, 0) is 27.3 Å². The number of β-lactam (4-membered cyclic amide) rings is 1. The van der Waals surface area contributed by atoms with Crippen molar-refractivity contribution in [1.82, 2.24) is 40.0 Å². The van der Waals surface area contributed by atoms with E-state index in [1.807, 2.05) is 6.92 Å². The van der Waals surface area contributed by atoms with Crippen molar-refractivity contribution in [1.29, 1.82) is 0 Å². The molecule has 3 amide bonds. The number of carboxylic acids is 1. The Kier molecular flexibility index (Phi) is 7.96. The Bertz CT molecular complexity index is 1900.